The topological polar surface area (TPSA) is 170 Å². The molecule has 0 spiro atoms. The molecule has 1 heterocycles. The van der Waals surface area contributed by atoms with E-state index in [1.54, 1.807) is 25.2 Å². The van der Waals surface area contributed by atoms with E-state index in [0.717, 1.165) is 5.69 Å². The Hall–Kier alpha value is -3.70. The summed E-state index contributed by atoms with van der Waals surface area (Å²) in [5.74, 6) is -2.56. The maximum atomic E-state index is 13.5. The van der Waals surface area contributed by atoms with Gasteiger partial charge in [-0.3, -0.25) is 24.6 Å². The van der Waals surface area contributed by atoms with Gasteiger partial charge in [0.25, 0.3) is 5.91 Å². The van der Waals surface area contributed by atoms with Crippen molar-refractivity contribution in [1.29, 1.82) is 5.41 Å². The molecule has 0 bridgehead atoms. The van der Waals surface area contributed by atoms with Crippen molar-refractivity contribution >= 4 is 35.2 Å². The summed E-state index contributed by atoms with van der Waals surface area (Å²) in [6.07, 6.45) is 1.51. The Morgan fingerprint density at radius 2 is 1.95 bits per heavy atom. The van der Waals surface area contributed by atoms with E-state index in [1.165, 1.54) is 4.90 Å². The van der Waals surface area contributed by atoms with E-state index >= 15 is 0 Å². The van der Waals surface area contributed by atoms with Gasteiger partial charge in [0.15, 0.2) is 11.7 Å². The lowest BCUT2D eigenvalue weighted by molar-refractivity contribution is -0.141. The highest BCUT2D eigenvalue weighted by Crippen LogP contribution is 2.21. The molecular weight excluding hydrogens is 481 g/mol. The molecule has 0 saturated carbocycles. The number of nitrogens with two attached hydrogens (primary N) is 1. The fourth-order valence-electron chi connectivity index (χ4n) is 4.24. The quantitative estimate of drug-likeness (QED) is 0.127. The molecule has 1 aromatic carbocycles. The summed E-state index contributed by atoms with van der Waals surface area (Å²) in [6, 6.07) is 4.14. The highest BCUT2D eigenvalue weighted by Gasteiger charge is 2.39. The van der Waals surface area contributed by atoms with Crippen molar-refractivity contribution in [3.05, 3.63) is 29.8 Å². The second-order valence-corrected chi connectivity index (χ2v) is 9.36. The molecule has 7 N–H and O–H groups in total. The molecule has 1 aliphatic rings. The molecule has 1 aromatic rings. The number of hydrogen-bond acceptors (Lipinski definition) is 6. The molecule has 3 atom stereocenters. The first-order valence-electron chi connectivity index (χ1n) is 12.4. The molecule has 0 unspecified atom stereocenters. The molecule has 0 aromatic heterocycles. The Balaban J connectivity index is 2.10. The van der Waals surface area contributed by atoms with E-state index in [9.17, 15) is 23.6 Å². The van der Waals surface area contributed by atoms with Gasteiger partial charge in [-0.2, -0.15) is 0 Å². The Bertz CT molecular complexity index is 988. The standard InChI is InChI=1S/C25H38FN7O4/c1-15(2)21(32-22(35)16-7-4-8-17(13-16)29-3)24(37)33-12-6-10-19(33)23(36)31-18(20(34)14-26)9-5-11-30-25(27)28/h4,7-8,13,15,18-19,21,29H,5-6,9-12,14H2,1-3H3,(H,31,36)(H,32,35)(H4,27,28,30)/t18-,19-,21-/m0/s1. The maximum absolute atomic E-state index is 13.5. The molecule has 11 nitrogen and oxygen atoms in total. The van der Waals surface area contributed by atoms with Crippen molar-refractivity contribution in [3.8, 4) is 0 Å². The van der Waals surface area contributed by atoms with E-state index in [1.807, 2.05) is 19.9 Å². The summed E-state index contributed by atoms with van der Waals surface area (Å²) in [4.78, 5) is 53.0. The minimum Gasteiger partial charge on any atom is -0.388 e. The van der Waals surface area contributed by atoms with Crippen molar-refractivity contribution in [2.24, 2.45) is 11.7 Å². The van der Waals surface area contributed by atoms with E-state index in [0.29, 0.717) is 37.9 Å². The number of guanidine groups is 1. The number of carbonyl (C=O) groups is 4. The zero-order valence-corrected chi connectivity index (χ0v) is 21.6. The van der Waals surface area contributed by atoms with Crippen LogP contribution in [0, 0.1) is 11.3 Å². The molecular formula is C25H38FN7O4. The number of rotatable bonds is 13. The van der Waals surface area contributed by atoms with Gasteiger partial charge in [-0.15, -0.1) is 0 Å². The number of Topliss-reactive ketones (excluding diaryl/α,β-unsaturated/α-hetero) is 1. The maximum Gasteiger partial charge on any atom is 0.252 e. The molecule has 37 heavy (non-hydrogen) atoms. The van der Waals surface area contributed by atoms with E-state index < -0.39 is 42.4 Å². The minimum absolute atomic E-state index is 0.159. The first-order valence-corrected chi connectivity index (χ1v) is 12.4. The van der Waals surface area contributed by atoms with Gasteiger partial charge in [-0.25, -0.2) is 4.39 Å². The molecule has 1 saturated heterocycles. The molecule has 3 amide bonds. The highest BCUT2D eigenvalue weighted by molar-refractivity contribution is 5.99. The van der Waals surface area contributed by atoms with Crippen LogP contribution in [0.15, 0.2) is 24.3 Å². The van der Waals surface area contributed by atoms with Crippen LogP contribution in [0.1, 0.15) is 49.9 Å². The number of amides is 3. The number of halogens is 1. The number of benzene rings is 1. The second kappa shape index (κ2) is 14.1. The van der Waals surface area contributed by atoms with Crippen molar-refractivity contribution in [1.82, 2.24) is 20.9 Å². The fourth-order valence-corrected chi connectivity index (χ4v) is 4.24. The van der Waals surface area contributed by atoms with E-state index in [-0.39, 0.29) is 24.2 Å². The largest absolute Gasteiger partial charge is 0.388 e. The second-order valence-electron chi connectivity index (χ2n) is 9.36. The van der Waals surface area contributed by atoms with Crippen molar-refractivity contribution < 1.29 is 23.6 Å². The summed E-state index contributed by atoms with van der Waals surface area (Å²) >= 11 is 0. The molecule has 204 valence electrons. The van der Waals surface area contributed by atoms with Crippen LogP contribution in [-0.4, -0.2) is 79.3 Å². The van der Waals surface area contributed by atoms with Crippen LogP contribution in [0.25, 0.3) is 0 Å². The summed E-state index contributed by atoms with van der Waals surface area (Å²) in [7, 11) is 1.74. The van der Waals surface area contributed by atoms with Crippen molar-refractivity contribution in [2.45, 2.75) is 57.7 Å². The Kier molecular flexibility index (Phi) is 11.3. The molecule has 2 rings (SSSR count). The molecule has 1 aliphatic heterocycles. The predicted octanol–water partition coefficient (Wildman–Crippen LogP) is 0.760. The molecule has 1 fully saturated rings. The lowest BCUT2D eigenvalue weighted by Crippen LogP contribution is -2.56. The van der Waals surface area contributed by atoms with Crippen LogP contribution in [0.2, 0.25) is 0 Å². The van der Waals surface area contributed by atoms with Crippen molar-refractivity contribution in [2.75, 3.05) is 32.1 Å². The van der Waals surface area contributed by atoms with Gasteiger partial charge in [0.05, 0.1) is 6.04 Å². The van der Waals surface area contributed by atoms with Crippen LogP contribution < -0.4 is 27.0 Å². The highest BCUT2D eigenvalue weighted by atomic mass is 19.1. The lowest BCUT2D eigenvalue weighted by atomic mass is 10.0. The van der Waals surface area contributed by atoms with Gasteiger partial charge in [0.1, 0.15) is 18.8 Å². The SMILES string of the molecule is CNc1cccc(C(=O)N[C@H](C(=O)N2CCC[C@H]2C(=O)N[C@@H](CCCNC(=N)N)C(=O)CF)C(C)C)c1. The number of carbonyl (C=O) groups excluding carboxylic acids is 4. The van der Waals surface area contributed by atoms with E-state index in [4.69, 9.17) is 11.1 Å². The van der Waals surface area contributed by atoms with Gasteiger partial charge in [-0.05, 0) is 49.8 Å². The Morgan fingerprint density at radius 3 is 2.57 bits per heavy atom. The fraction of sp³-hybridized carbons (Fsp3) is 0.560. The van der Waals surface area contributed by atoms with Crippen LogP contribution in [-0.2, 0) is 14.4 Å². The third-order valence-corrected chi connectivity index (χ3v) is 6.29. The third-order valence-electron chi connectivity index (χ3n) is 6.29. The van der Waals surface area contributed by atoms with Crippen LogP contribution in [0.3, 0.4) is 0 Å². The lowest BCUT2D eigenvalue weighted by Gasteiger charge is -2.31. The smallest absolute Gasteiger partial charge is 0.252 e. The number of nitrogens with one attached hydrogen (secondary N) is 5. The average molecular weight is 520 g/mol. The summed E-state index contributed by atoms with van der Waals surface area (Å²) in [5.41, 5.74) is 6.38. The van der Waals surface area contributed by atoms with Crippen LogP contribution in [0.4, 0.5) is 10.1 Å². The third kappa shape index (κ3) is 8.43. The number of nitrogens with zero attached hydrogens (tertiary/aromatic N) is 1. The summed E-state index contributed by atoms with van der Waals surface area (Å²) in [5, 5.41) is 18.1. The Labute approximate surface area is 216 Å². The zero-order chi connectivity index (χ0) is 27.5. The number of alkyl halides is 1. The Morgan fingerprint density at radius 1 is 1.22 bits per heavy atom. The number of ketones is 1. The van der Waals surface area contributed by atoms with Crippen LogP contribution >= 0.6 is 0 Å². The molecule has 0 radical (unpaired) electrons. The first-order chi connectivity index (χ1) is 17.6. The van der Waals surface area contributed by atoms with Gasteiger partial charge in [-0.1, -0.05) is 19.9 Å². The summed E-state index contributed by atoms with van der Waals surface area (Å²) in [6.45, 7) is 3.01. The first kappa shape index (κ1) is 29.5. The monoisotopic (exact) mass is 519 g/mol. The summed E-state index contributed by atoms with van der Waals surface area (Å²) < 4.78 is 13.1. The predicted molar refractivity (Wildman–Crippen MR) is 139 cm³/mol. The van der Waals surface area contributed by atoms with Crippen molar-refractivity contribution in [3.63, 3.8) is 0 Å². The van der Waals surface area contributed by atoms with Gasteiger partial charge >= 0.3 is 0 Å². The molecule has 12 heteroatoms. The van der Waals surface area contributed by atoms with E-state index in [2.05, 4.69) is 21.3 Å². The molecule has 0 aliphatic carbocycles. The normalized spacial score (nSPS) is 16.6. The average Bonchev–Trinajstić information content (AvgIpc) is 3.37. The van der Waals surface area contributed by atoms with Gasteiger partial charge < -0.3 is 31.9 Å². The van der Waals surface area contributed by atoms with Gasteiger partial charge in [0.2, 0.25) is 11.8 Å². The number of hydrogen-bond donors (Lipinski definition) is 6. The van der Waals surface area contributed by atoms with Gasteiger partial charge in [0, 0.05) is 31.4 Å². The number of likely N-dealkylation sites (tertiary alicyclic amines) is 1. The minimum atomic E-state index is -1.23. The van der Waals surface area contributed by atoms with Crippen LogP contribution in [0.5, 0.6) is 0 Å². The number of anilines is 1. The zero-order valence-electron chi connectivity index (χ0n) is 21.6.